The molecule has 8 nitrogen and oxygen atoms in total. The van der Waals surface area contributed by atoms with Crippen LogP contribution in [0.1, 0.15) is 206 Å². The SMILES string of the molecule is CC/C=C\C/C=C\C/C=C\C/C=C\C/C=C\CCCC(=O)NC(COP(=O)([O-])OCC[N+](C)(C)C)C(O)/C=C/CC/C=C/CCCCCCCCCCCCCCCCCCCCC. The molecule has 0 aliphatic heterocycles. The lowest BCUT2D eigenvalue weighted by molar-refractivity contribution is -0.870. The second-order valence-electron chi connectivity index (χ2n) is 18.5. The molecule has 64 heavy (non-hydrogen) atoms. The number of aliphatic hydroxyl groups is 1. The second-order valence-corrected chi connectivity index (χ2v) is 19.9. The Morgan fingerprint density at radius 2 is 0.969 bits per heavy atom. The van der Waals surface area contributed by atoms with Gasteiger partial charge < -0.3 is 28.8 Å². The minimum Gasteiger partial charge on any atom is -0.756 e. The first-order valence-corrected chi connectivity index (χ1v) is 27.4. The Bertz CT molecular complexity index is 1310. The second kappa shape index (κ2) is 45.8. The first-order valence-electron chi connectivity index (χ1n) is 25.9. The molecule has 0 fully saturated rings. The molecular formula is C55H99N2O6P. The number of amides is 1. The van der Waals surface area contributed by atoms with Gasteiger partial charge in [-0.1, -0.05) is 214 Å². The molecule has 0 spiro atoms. The lowest BCUT2D eigenvalue weighted by Gasteiger charge is -2.29. The zero-order chi connectivity index (χ0) is 47.1. The number of likely N-dealkylation sites (N-methyl/N-ethyl adjacent to an activating group) is 1. The molecule has 0 bridgehead atoms. The van der Waals surface area contributed by atoms with Crippen molar-refractivity contribution in [3.05, 3.63) is 85.1 Å². The van der Waals surface area contributed by atoms with Gasteiger partial charge in [-0.25, -0.2) is 0 Å². The summed E-state index contributed by atoms with van der Waals surface area (Å²) in [5.41, 5.74) is 0. The highest BCUT2D eigenvalue weighted by molar-refractivity contribution is 7.45. The van der Waals surface area contributed by atoms with Crippen LogP contribution >= 0.6 is 7.82 Å². The van der Waals surface area contributed by atoms with E-state index in [-0.39, 0.29) is 18.9 Å². The Kier molecular flexibility index (Phi) is 44.2. The number of carbonyl (C=O) groups is 1. The molecular weight excluding hydrogens is 816 g/mol. The zero-order valence-corrected chi connectivity index (χ0v) is 42.8. The Hall–Kier alpha value is -2.32. The fourth-order valence-electron chi connectivity index (χ4n) is 7.03. The van der Waals surface area contributed by atoms with E-state index < -0.39 is 26.6 Å². The van der Waals surface area contributed by atoms with Gasteiger partial charge in [0.15, 0.2) is 0 Å². The molecule has 0 saturated carbocycles. The Morgan fingerprint density at radius 1 is 0.562 bits per heavy atom. The number of unbranched alkanes of at least 4 members (excludes halogenated alkanes) is 21. The van der Waals surface area contributed by atoms with Crippen molar-refractivity contribution in [2.24, 2.45) is 0 Å². The smallest absolute Gasteiger partial charge is 0.268 e. The number of allylic oxidation sites excluding steroid dienone is 13. The highest BCUT2D eigenvalue weighted by Crippen LogP contribution is 2.38. The summed E-state index contributed by atoms with van der Waals surface area (Å²) in [6.07, 6.45) is 63.8. The van der Waals surface area contributed by atoms with E-state index in [9.17, 15) is 19.4 Å². The number of quaternary nitrogens is 1. The number of hydrogen-bond donors (Lipinski definition) is 2. The molecule has 9 heteroatoms. The Labute approximate surface area is 395 Å². The summed E-state index contributed by atoms with van der Waals surface area (Å²) < 4.78 is 23.2. The molecule has 0 rings (SSSR count). The van der Waals surface area contributed by atoms with Crippen molar-refractivity contribution in [1.29, 1.82) is 0 Å². The third-order valence-electron chi connectivity index (χ3n) is 11.1. The van der Waals surface area contributed by atoms with Gasteiger partial charge in [0.2, 0.25) is 5.91 Å². The molecule has 0 aromatic rings. The minimum atomic E-state index is -4.62. The summed E-state index contributed by atoms with van der Waals surface area (Å²) in [6, 6.07) is -0.938. The van der Waals surface area contributed by atoms with E-state index in [0.29, 0.717) is 17.4 Å². The molecule has 0 aliphatic rings. The third-order valence-corrected chi connectivity index (χ3v) is 12.1. The summed E-state index contributed by atoms with van der Waals surface area (Å²) in [4.78, 5) is 25.4. The fourth-order valence-corrected chi connectivity index (χ4v) is 7.75. The highest BCUT2D eigenvalue weighted by atomic mass is 31.2. The molecule has 0 radical (unpaired) electrons. The lowest BCUT2D eigenvalue weighted by atomic mass is 10.0. The van der Waals surface area contributed by atoms with Crippen LogP contribution in [0.2, 0.25) is 0 Å². The monoisotopic (exact) mass is 915 g/mol. The fraction of sp³-hybridized carbons (Fsp3) is 0.727. The quantitative estimate of drug-likeness (QED) is 0.0273. The largest absolute Gasteiger partial charge is 0.756 e. The summed E-state index contributed by atoms with van der Waals surface area (Å²) in [5, 5.41) is 13.8. The number of aliphatic hydroxyl groups excluding tert-OH is 1. The average molecular weight is 915 g/mol. The highest BCUT2D eigenvalue weighted by Gasteiger charge is 2.23. The van der Waals surface area contributed by atoms with E-state index >= 15 is 0 Å². The average Bonchev–Trinajstić information content (AvgIpc) is 3.25. The number of nitrogens with zero attached hydrogens (tertiary/aromatic N) is 1. The molecule has 0 aromatic carbocycles. The first kappa shape index (κ1) is 61.7. The van der Waals surface area contributed by atoms with Crippen LogP contribution in [-0.2, 0) is 18.4 Å². The number of carbonyl (C=O) groups excluding carboxylic acids is 1. The normalized spacial score (nSPS) is 14.8. The molecule has 2 N–H and O–H groups in total. The number of phosphoric acid groups is 1. The van der Waals surface area contributed by atoms with Crippen LogP contribution < -0.4 is 10.2 Å². The van der Waals surface area contributed by atoms with E-state index in [4.69, 9.17) is 9.05 Å². The number of rotatable bonds is 46. The number of phosphoric ester groups is 1. The summed E-state index contributed by atoms with van der Waals surface area (Å²) in [5.74, 6) is -0.266. The van der Waals surface area contributed by atoms with Gasteiger partial charge >= 0.3 is 0 Å². The zero-order valence-electron chi connectivity index (χ0n) is 42.0. The van der Waals surface area contributed by atoms with Gasteiger partial charge in [-0.05, 0) is 70.6 Å². The van der Waals surface area contributed by atoms with Crippen LogP contribution in [-0.4, -0.2) is 68.5 Å². The molecule has 370 valence electrons. The van der Waals surface area contributed by atoms with E-state index in [1.165, 1.54) is 122 Å². The maximum absolute atomic E-state index is 12.9. The molecule has 0 saturated heterocycles. The Morgan fingerprint density at radius 3 is 1.45 bits per heavy atom. The maximum atomic E-state index is 12.9. The van der Waals surface area contributed by atoms with Gasteiger partial charge in [-0.2, -0.15) is 0 Å². The van der Waals surface area contributed by atoms with Crippen molar-refractivity contribution in [3.8, 4) is 0 Å². The van der Waals surface area contributed by atoms with E-state index in [2.05, 4.69) is 92.1 Å². The first-order chi connectivity index (χ1) is 31.0. The minimum absolute atomic E-state index is 0.0212. The van der Waals surface area contributed by atoms with Crippen molar-refractivity contribution in [1.82, 2.24) is 5.32 Å². The van der Waals surface area contributed by atoms with E-state index in [1.54, 1.807) is 6.08 Å². The molecule has 0 aromatic heterocycles. The summed E-state index contributed by atoms with van der Waals surface area (Å²) >= 11 is 0. The van der Waals surface area contributed by atoms with E-state index in [1.807, 2.05) is 27.2 Å². The van der Waals surface area contributed by atoms with Gasteiger partial charge in [0, 0.05) is 6.42 Å². The number of hydrogen-bond acceptors (Lipinski definition) is 6. The van der Waals surface area contributed by atoms with Crippen molar-refractivity contribution in [2.45, 2.75) is 219 Å². The summed E-state index contributed by atoms with van der Waals surface area (Å²) in [6.45, 7) is 4.47. The van der Waals surface area contributed by atoms with Crippen molar-refractivity contribution in [2.75, 3.05) is 40.9 Å². The molecule has 0 aliphatic carbocycles. The van der Waals surface area contributed by atoms with Gasteiger partial charge in [0.05, 0.1) is 39.9 Å². The van der Waals surface area contributed by atoms with Crippen molar-refractivity contribution in [3.63, 3.8) is 0 Å². The van der Waals surface area contributed by atoms with Gasteiger partial charge in [0.1, 0.15) is 13.2 Å². The predicted molar refractivity (Wildman–Crippen MR) is 274 cm³/mol. The number of nitrogens with one attached hydrogen (secondary N) is 1. The Balaban J connectivity index is 4.40. The van der Waals surface area contributed by atoms with Crippen molar-refractivity contribution < 1.29 is 32.9 Å². The standard InChI is InChI=1S/C55H99N2O6P/c1-6-8-10-12-14-16-18-20-22-24-25-26-27-28-29-30-31-33-34-36-38-40-42-44-46-48-54(58)53(52-63-64(60,61)62-51-50-57(3,4)5)56-55(59)49-47-45-43-41-39-37-35-32-23-21-19-17-15-13-11-9-7-2/h9,11,15,17,21,23,35,37-38,40-41,43,46,48,53-54,58H,6-8,10,12-14,16,18-20,22,24-34,36,39,42,44-45,47,49-52H2,1-5H3,(H-,56,59,60,61)/b11-9-,17-15-,23-21-,37-35-,40-38+,43-41-,48-46+. The third kappa shape index (κ3) is 47.6. The molecule has 3 unspecified atom stereocenters. The summed E-state index contributed by atoms with van der Waals surface area (Å²) in [7, 11) is 1.20. The van der Waals surface area contributed by atoms with Gasteiger partial charge in [-0.15, -0.1) is 0 Å². The van der Waals surface area contributed by atoms with E-state index in [0.717, 1.165) is 57.8 Å². The molecule has 1 amide bonds. The molecule has 3 atom stereocenters. The van der Waals surface area contributed by atoms with Gasteiger partial charge in [0.25, 0.3) is 7.82 Å². The van der Waals surface area contributed by atoms with Crippen LogP contribution in [0.25, 0.3) is 0 Å². The van der Waals surface area contributed by atoms with Crippen LogP contribution in [0.3, 0.4) is 0 Å². The van der Waals surface area contributed by atoms with Crippen LogP contribution in [0, 0.1) is 0 Å². The topological polar surface area (TPSA) is 108 Å². The van der Waals surface area contributed by atoms with Crippen molar-refractivity contribution >= 4 is 13.7 Å². The van der Waals surface area contributed by atoms with Crippen LogP contribution in [0.15, 0.2) is 85.1 Å². The lowest BCUT2D eigenvalue weighted by Crippen LogP contribution is -2.45. The maximum Gasteiger partial charge on any atom is 0.268 e. The van der Waals surface area contributed by atoms with Gasteiger partial charge in [-0.3, -0.25) is 9.36 Å². The predicted octanol–water partition coefficient (Wildman–Crippen LogP) is 14.7. The molecule has 0 heterocycles. The van der Waals surface area contributed by atoms with Crippen LogP contribution in [0.5, 0.6) is 0 Å². The van der Waals surface area contributed by atoms with Crippen LogP contribution in [0.4, 0.5) is 0 Å².